The Morgan fingerprint density at radius 1 is 1.30 bits per heavy atom. The van der Waals surface area contributed by atoms with Gasteiger partial charge in [-0.3, -0.25) is 4.68 Å². The number of aromatic nitrogens is 2. The third kappa shape index (κ3) is 2.54. The monoisotopic (exact) mass is 336 g/mol. The summed E-state index contributed by atoms with van der Waals surface area (Å²) in [4.78, 5) is 0. The molecule has 1 saturated heterocycles. The number of fused-ring (bicyclic) bond motifs is 3. The Labute approximate surface area is 141 Å². The Hall–Kier alpha value is -0.560. The van der Waals surface area contributed by atoms with Gasteiger partial charge in [-0.15, -0.1) is 4.72 Å². The number of nitrogens with zero attached hydrogens (tertiary/aromatic N) is 2. The lowest BCUT2D eigenvalue weighted by atomic mass is 9.73. The normalized spacial score (nSPS) is 27.2. The molecule has 5 nitrogen and oxygen atoms in total. The zero-order valence-corrected chi connectivity index (χ0v) is 15.3. The molecule has 1 spiro atoms. The zero-order valence-electron chi connectivity index (χ0n) is 14.4. The van der Waals surface area contributed by atoms with E-state index in [1.807, 2.05) is 20.8 Å². The number of aryl methyl sites for hydroxylation is 1. The molecule has 3 heterocycles. The van der Waals surface area contributed by atoms with Crippen LogP contribution in [0, 0.1) is 5.41 Å². The second-order valence-corrected chi connectivity index (χ2v) is 10.4. The minimum Gasteiger partial charge on any atom is -0.598 e. The smallest absolute Gasteiger partial charge is 0.136 e. The van der Waals surface area contributed by atoms with Crippen LogP contribution in [0.25, 0.3) is 0 Å². The largest absolute Gasteiger partial charge is 0.598 e. The number of piperidine rings is 1. The van der Waals surface area contributed by atoms with Gasteiger partial charge < -0.3 is 9.87 Å². The van der Waals surface area contributed by atoms with Crippen molar-refractivity contribution in [3.8, 4) is 0 Å². The van der Waals surface area contributed by atoms with Crippen molar-refractivity contribution in [3.63, 3.8) is 0 Å². The van der Waals surface area contributed by atoms with Crippen LogP contribution in [0.15, 0.2) is 0 Å². The summed E-state index contributed by atoms with van der Waals surface area (Å²) >= 11 is -1.05. The van der Waals surface area contributed by atoms with Gasteiger partial charge in [0.05, 0.1) is 11.4 Å². The average molecular weight is 337 g/mol. The van der Waals surface area contributed by atoms with Crippen LogP contribution in [0.5, 0.6) is 0 Å². The molecular formula is C17H28N4OS. The molecule has 4 rings (SSSR count). The second-order valence-electron chi connectivity index (χ2n) is 8.37. The highest BCUT2D eigenvalue weighted by Crippen LogP contribution is 2.51. The summed E-state index contributed by atoms with van der Waals surface area (Å²) in [5.74, 6) is 0. The first-order valence-electron chi connectivity index (χ1n) is 8.88. The van der Waals surface area contributed by atoms with Crippen molar-refractivity contribution in [2.24, 2.45) is 5.41 Å². The summed E-state index contributed by atoms with van der Waals surface area (Å²) in [6.07, 6.45) is 5.72. The van der Waals surface area contributed by atoms with Crippen LogP contribution in [-0.2, 0) is 30.7 Å². The van der Waals surface area contributed by atoms with E-state index in [2.05, 4.69) is 14.7 Å². The van der Waals surface area contributed by atoms with E-state index < -0.39 is 11.4 Å². The fourth-order valence-corrected chi connectivity index (χ4v) is 5.36. The van der Waals surface area contributed by atoms with Gasteiger partial charge in [-0.1, -0.05) is 0 Å². The molecule has 1 unspecified atom stereocenters. The molecule has 0 amide bonds. The predicted molar refractivity (Wildman–Crippen MR) is 92.6 cm³/mol. The van der Waals surface area contributed by atoms with E-state index in [1.165, 1.54) is 23.4 Å². The van der Waals surface area contributed by atoms with Crippen LogP contribution >= 0.6 is 0 Å². The molecule has 0 saturated carbocycles. The summed E-state index contributed by atoms with van der Waals surface area (Å²) in [6, 6.07) is 0.180. The Morgan fingerprint density at radius 3 is 2.74 bits per heavy atom. The van der Waals surface area contributed by atoms with Crippen LogP contribution in [-0.4, -0.2) is 32.2 Å². The number of rotatable bonds is 2. The van der Waals surface area contributed by atoms with E-state index in [-0.39, 0.29) is 16.2 Å². The number of nitrogens with one attached hydrogen (secondary N) is 2. The van der Waals surface area contributed by atoms with Crippen molar-refractivity contribution in [1.82, 2.24) is 19.8 Å². The molecule has 1 aliphatic carbocycles. The molecule has 23 heavy (non-hydrogen) atoms. The molecular weight excluding hydrogens is 308 g/mol. The summed E-state index contributed by atoms with van der Waals surface area (Å²) in [6.45, 7) is 9.21. The molecule has 1 aromatic rings. The van der Waals surface area contributed by atoms with Crippen LogP contribution in [0.3, 0.4) is 0 Å². The van der Waals surface area contributed by atoms with Crippen LogP contribution in [0.4, 0.5) is 0 Å². The molecule has 2 atom stereocenters. The quantitative estimate of drug-likeness (QED) is 0.809. The molecule has 2 aliphatic heterocycles. The van der Waals surface area contributed by atoms with Crippen LogP contribution in [0.2, 0.25) is 0 Å². The molecule has 1 aromatic heterocycles. The van der Waals surface area contributed by atoms with Crippen LogP contribution < -0.4 is 10.0 Å². The highest BCUT2D eigenvalue weighted by Gasteiger charge is 2.52. The van der Waals surface area contributed by atoms with Crippen LogP contribution in [0.1, 0.15) is 63.0 Å². The fourth-order valence-electron chi connectivity index (χ4n) is 4.43. The van der Waals surface area contributed by atoms with Gasteiger partial charge in [0.15, 0.2) is 0 Å². The lowest BCUT2D eigenvalue weighted by Gasteiger charge is -2.39. The van der Waals surface area contributed by atoms with Crippen molar-refractivity contribution in [1.29, 1.82) is 0 Å². The van der Waals surface area contributed by atoms with Crippen molar-refractivity contribution in [2.45, 2.75) is 70.2 Å². The Morgan fingerprint density at radius 2 is 2.04 bits per heavy atom. The van der Waals surface area contributed by atoms with Gasteiger partial charge in [-0.05, 0) is 71.5 Å². The maximum Gasteiger partial charge on any atom is 0.136 e. The topological polar surface area (TPSA) is 64.9 Å². The van der Waals surface area contributed by atoms with Gasteiger partial charge in [0, 0.05) is 23.3 Å². The van der Waals surface area contributed by atoms with E-state index in [0.29, 0.717) is 0 Å². The summed E-state index contributed by atoms with van der Waals surface area (Å²) in [5.41, 5.74) is 4.25. The van der Waals surface area contributed by atoms with Crippen molar-refractivity contribution in [3.05, 3.63) is 17.0 Å². The third-order valence-electron chi connectivity index (χ3n) is 5.75. The first-order chi connectivity index (χ1) is 10.9. The maximum atomic E-state index is 12.8. The van der Waals surface area contributed by atoms with Gasteiger partial charge in [0.25, 0.3) is 0 Å². The van der Waals surface area contributed by atoms with E-state index in [1.54, 1.807) is 0 Å². The maximum absolute atomic E-state index is 12.8. The lowest BCUT2D eigenvalue weighted by molar-refractivity contribution is 0.148. The summed E-state index contributed by atoms with van der Waals surface area (Å²) in [7, 11) is 0. The molecule has 1 fully saturated rings. The van der Waals surface area contributed by atoms with Crippen molar-refractivity contribution < 1.29 is 4.55 Å². The number of hydrogen-bond acceptors (Lipinski definition) is 4. The van der Waals surface area contributed by atoms with E-state index >= 15 is 0 Å². The first-order valence-corrected chi connectivity index (χ1v) is 10.0. The lowest BCUT2D eigenvalue weighted by Crippen LogP contribution is -2.49. The molecule has 0 bridgehead atoms. The van der Waals surface area contributed by atoms with Crippen molar-refractivity contribution >= 4 is 11.4 Å². The second kappa shape index (κ2) is 5.48. The van der Waals surface area contributed by atoms with E-state index in [4.69, 9.17) is 5.10 Å². The van der Waals surface area contributed by atoms with Gasteiger partial charge in [0.1, 0.15) is 10.8 Å². The van der Waals surface area contributed by atoms with Gasteiger partial charge in [0.2, 0.25) is 0 Å². The molecule has 2 N–H and O–H groups in total. The summed E-state index contributed by atoms with van der Waals surface area (Å²) < 4.78 is 18.4. The van der Waals surface area contributed by atoms with E-state index in [0.717, 1.165) is 45.3 Å². The number of hydrogen-bond donors (Lipinski definition) is 2. The molecule has 6 heteroatoms. The zero-order chi connectivity index (χ0) is 16.2. The standard InChI is InChI=1S/C17H28N4OS/c1-16(2,3)23(22)20-15-14-12-5-4-6-13(12)19-21(14)11-17(15)7-9-18-10-8-17/h15,18,20H,4-11H2,1-3H3/t15-,23?/m1/s1. The Kier molecular flexibility index (Phi) is 3.80. The van der Waals surface area contributed by atoms with E-state index in [9.17, 15) is 4.55 Å². The van der Waals surface area contributed by atoms with Gasteiger partial charge >= 0.3 is 0 Å². The Bertz CT molecular complexity index is 600. The average Bonchev–Trinajstić information content (AvgIpc) is 3.11. The SMILES string of the molecule is CC(C)(C)[S+]([O-])N[C@@H]1c2c3c(nn2CC12CCNCC2)CCC3. The van der Waals surface area contributed by atoms with Crippen molar-refractivity contribution in [2.75, 3.05) is 13.1 Å². The molecule has 0 aromatic carbocycles. The minimum atomic E-state index is -1.05. The summed E-state index contributed by atoms with van der Waals surface area (Å²) in [5, 5.41) is 8.38. The third-order valence-corrected chi connectivity index (χ3v) is 7.31. The molecule has 128 valence electrons. The van der Waals surface area contributed by atoms with Gasteiger partial charge in [-0.25, -0.2) is 0 Å². The molecule has 0 radical (unpaired) electrons. The minimum absolute atomic E-state index is 0.173. The highest BCUT2D eigenvalue weighted by molar-refractivity contribution is 7.90. The fraction of sp³-hybridized carbons (Fsp3) is 0.824. The predicted octanol–water partition coefficient (Wildman–Crippen LogP) is 1.85. The first kappa shape index (κ1) is 15.9. The van der Waals surface area contributed by atoms with Gasteiger partial charge in [-0.2, -0.15) is 5.10 Å². The molecule has 3 aliphatic rings. The highest BCUT2D eigenvalue weighted by atomic mass is 32.2. The Balaban J connectivity index is 1.71.